The maximum absolute atomic E-state index is 13.2. The highest BCUT2D eigenvalue weighted by Gasteiger charge is 2.39. The summed E-state index contributed by atoms with van der Waals surface area (Å²) in [5, 5.41) is 27.0. The predicted octanol–water partition coefficient (Wildman–Crippen LogP) is 1.03. The van der Waals surface area contributed by atoms with Gasteiger partial charge in [0.15, 0.2) is 0 Å². The van der Waals surface area contributed by atoms with Gasteiger partial charge in [0.05, 0.1) is 0 Å². The van der Waals surface area contributed by atoms with Gasteiger partial charge in [-0.05, 0) is 18.6 Å². The molecule has 0 fully saturated rings. The Hall–Kier alpha value is -1.73. The Morgan fingerprint density at radius 1 is 1.50 bits per heavy atom. The van der Waals surface area contributed by atoms with Crippen molar-refractivity contribution in [2.45, 2.75) is 18.9 Å². The third-order valence-electron chi connectivity index (χ3n) is 2.52. The molecule has 0 saturated carbocycles. The van der Waals surface area contributed by atoms with Gasteiger partial charge in [-0.15, -0.1) is 0 Å². The molecule has 1 aromatic rings. The average molecular weight is 261 g/mol. The van der Waals surface area contributed by atoms with E-state index < -0.39 is 41.4 Å². The summed E-state index contributed by atoms with van der Waals surface area (Å²) in [4.78, 5) is 10.8. The van der Waals surface area contributed by atoms with Crippen LogP contribution in [0.3, 0.4) is 0 Å². The Morgan fingerprint density at radius 3 is 2.50 bits per heavy atom. The summed E-state index contributed by atoms with van der Waals surface area (Å²) in [5.41, 5.74) is 4.71. The number of phenols is 1. The van der Waals surface area contributed by atoms with E-state index in [-0.39, 0.29) is 0 Å². The van der Waals surface area contributed by atoms with Crippen molar-refractivity contribution in [1.82, 2.24) is 0 Å². The first-order valence-electron chi connectivity index (χ1n) is 5.01. The Morgan fingerprint density at radius 2 is 2.06 bits per heavy atom. The van der Waals surface area contributed by atoms with Crippen LogP contribution in [0.2, 0.25) is 0 Å². The van der Waals surface area contributed by atoms with E-state index in [2.05, 4.69) is 0 Å². The van der Waals surface area contributed by atoms with Crippen LogP contribution in [0.1, 0.15) is 27.5 Å². The van der Waals surface area contributed by atoms with E-state index in [1.54, 1.807) is 0 Å². The Kier molecular flexibility index (Phi) is 3.88. The molecule has 18 heavy (non-hydrogen) atoms. The number of aliphatic hydroxyl groups excluding tert-OH is 1. The van der Waals surface area contributed by atoms with E-state index >= 15 is 0 Å². The molecule has 0 spiro atoms. The van der Waals surface area contributed by atoms with E-state index in [1.165, 1.54) is 6.92 Å². The second kappa shape index (κ2) is 4.87. The molecule has 0 bridgehead atoms. The summed E-state index contributed by atoms with van der Waals surface area (Å²) in [5.74, 6) is -5.91. The lowest BCUT2D eigenvalue weighted by atomic mass is 9.96. The molecule has 0 aliphatic heterocycles. The molecule has 0 saturated heterocycles. The fraction of sp³-hybridized carbons (Fsp3) is 0.364. The highest BCUT2D eigenvalue weighted by atomic mass is 19.3. The van der Waals surface area contributed by atoms with E-state index in [1.807, 2.05) is 0 Å². The van der Waals surface area contributed by atoms with Gasteiger partial charge in [0.2, 0.25) is 0 Å². The highest BCUT2D eigenvalue weighted by Crippen LogP contribution is 2.36. The van der Waals surface area contributed by atoms with Gasteiger partial charge >= 0.3 is 5.97 Å². The van der Waals surface area contributed by atoms with E-state index in [9.17, 15) is 18.7 Å². The molecule has 5 nitrogen and oxygen atoms in total. The largest absolute Gasteiger partial charge is 0.507 e. The summed E-state index contributed by atoms with van der Waals surface area (Å²) in [6.45, 7) is -0.0108. The van der Waals surface area contributed by atoms with Crippen molar-refractivity contribution >= 4 is 5.97 Å². The molecule has 100 valence electrons. The number of carbonyl (C=O) groups is 1. The zero-order valence-corrected chi connectivity index (χ0v) is 9.52. The van der Waals surface area contributed by atoms with E-state index in [0.29, 0.717) is 5.56 Å². The molecule has 0 radical (unpaired) electrons. The van der Waals surface area contributed by atoms with Gasteiger partial charge in [-0.2, -0.15) is 0 Å². The molecule has 0 amide bonds. The number of rotatable bonds is 4. The summed E-state index contributed by atoms with van der Waals surface area (Å²) >= 11 is 0. The minimum absolute atomic E-state index is 0.365. The zero-order chi connectivity index (χ0) is 14.1. The molecule has 5 N–H and O–H groups in total. The fourth-order valence-electron chi connectivity index (χ4n) is 1.53. The molecule has 7 heteroatoms. The summed E-state index contributed by atoms with van der Waals surface area (Å²) < 4.78 is 26.5. The number of halogens is 2. The quantitative estimate of drug-likeness (QED) is 0.648. The molecule has 0 aliphatic rings. The maximum atomic E-state index is 13.2. The van der Waals surface area contributed by atoms with Crippen molar-refractivity contribution in [3.8, 4) is 5.75 Å². The normalized spacial score (nSPS) is 13.4. The number of aromatic carboxylic acids is 1. The molecule has 0 heterocycles. The predicted molar refractivity (Wildman–Crippen MR) is 58.8 cm³/mol. The highest BCUT2D eigenvalue weighted by molar-refractivity contribution is 5.91. The van der Waals surface area contributed by atoms with Crippen LogP contribution < -0.4 is 5.73 Å². The molecule has 0 aromatic heterocycles. The number of benzene rings is 1. The SMILES string of the molecule is Cc1cc(C(=O)O)c(O)c([C@H](N)C(F)(F)CO)c1. The van der Waals surface area contributed by atoms with Crippen molar-refractivity contribution in [3.05, 3.63) is 28.8 Å². The molecule has 1 rings (SSSR count). The Bertz CT molecular complexity index is 476. The van der Waals surface area contributed by atoms with Crippen LogP contribution in [-0.4, -0.2) is 33.8 Å². The second-order valence-corrected chi connectivity index (χ2v) is 3.95. The number of nitrogens with two attached hydrogens (primary N) is 1. The van der Waals surface area contributed by atoms with Crippen LogP contribution in [0, 0.1) is 6.92 Å². The lowest BCUT2D eigenvalue weighted by molar-refractivity contribution is -0.0716. The van der Waals surface area contributed by atoms with Gasteiger partial charge in [0.25, 0.3) is 5.92 Å². The number of alkyl halides is 2. The van der Waals surface area contributed by atoms with Gasteiger partial charge in [-0.25, -0.2) is 13.6 Å². The summed E-state index contributed by atoms with van der Waals surface area (Å²) in [6, 6.07) is 0.321. The van der Waals surface area contributed by atoms with Crippen molar-refractivity contribution < 1.29 is 28.9 Å². The molecule has 1 aromatic carbocycles. The monoisotopic (exact) mass is 261 g/mol. The lowest BCUT2D eigenvalue weighted by Gasteiger charge is -2.23. The van der Waals surface area contributed by atoms with Gasteiger partial charge in [-0.1, -0.05) is 6.07 Å². The third-order valence-corrected chi connectivity index (χ3v) is 2.52. The lowest BCUT2D eigenvalue weighted by Crippen LogP contribution is -2.36. The number of carboxylic acids is 1. The maximum Gasteiger partial charge on any atom is 0.339 e. The topological polar surface area (TPSA) is 104 Å². The first-order chi connectivity index (χ1) is 8.20. The van der Waals surface area contributed by atoms with Crippen molar-refractivity contribution in [1.29, 1.82) is 0 Å². The molecule has 0 aliphatic carbocycles. The second-order valence-electron chi connectivity index (χ2n) is 3.95. The number of hydrogen-bond donors (Lipinski definition) is 4. The first kappa shape index (κ1) is 14.3. The number of carboxylic acid groups (broad SMARTS) is 1. The van der Waals surface area contributed by atoms with Crippen molar-refractivity contribution in [2.75, 3.05) is 6.61 Å². The average Bonchev–Trinajstić information content (AvgIpc) is 2.30. The molecular weight excluding hydrogens is 248 g/mol. The molecule has 1 atom stereocenters. The van der Waals surface area contributed by atoms with Crippen LogP contribution >= 0.6 is 0 Å². The fourth-order valence-corrected chi connectivity index (χ4v) is 1.53. The smallest absolute Gasteiger partial charge is 0.339 e. The van der Waals surface area contributed by atoms with Gasteiger partial charge < -0.3 is 21.1 Å². The van der Waals surface area contributed by atoms with Crippen LogP contribution in [0.15, 0.2) is 12.1 Å². The minimum atomic E-state index is -3.65. The van der Waals surface area contributed by atoms with Crippen LogP contribution in [0.25, 0.3) is 0 Å². The van der Waals surface area contributed by atoms with Crippen molar-refractivity contribution in [3.63, 3.8) is 0 Å². The number of aryl methyl sites for hydroxylation is 1. The first-order valence-corrected chi connectivity index (χ1v) is 5.01. The van der Waals surface area contributed by atoms with Crippen LogP contribution in [0.5, 0.6) is 5.75 Å². The van der Waals surface area contributed by atoms with E-state index in [4.69, 9.17) is 15.9 Å². The standard InChI is InChI=1S/C11H13F2NO4/c1-5-2-6(9(14)11(12,13)4-15)8(16)7(3-5)10(17)18/h2-3,9,15-16H,4,14H2,1H3,(H,17,18)/t9-/m0/s1. The Balaban J connectivity index is 3.37. The van der Waals surface area contributed by atoms with Crippen LogP contribution in [0.4, 0.5) is 8.78 Å². The summed E-state index contributed by atoms with van der Waals surface area (Å²) in [6.07, 6.45) is 0. The van der Waals surface area contributed by atoms with Gasteiger partial charge in [0.1, 0.15) is 24.0 Å². The minimum Gasteiger partial charge on any atom is -0.507 e. The van der Waals surface area contributed by atoms with Gasteiger partial charge in [-0.3, -0.25) is 0 Å². The molecule has 0 unspecified atom stereocenters. The number of hydrogen-bond acceptors (Lipinski definition) is 4. The number of aromatic hydroxyl groups is 1. The number of aliphatic hydroxyl groups is 1. The van der Waals surface area contributed by atoms with Crippen LogP contribution in [-0.2, 0) is 0 Å². The Labute approximate surface area is 101 Å². The summed E-state index contributed by atoms with van der Waals surface area (Å²) in [7, 11) is 0. The van der Waals surface area contributed by atoms with E-state index in [0.717, 1.165) is 12.1 Å². The third kappa shape index (κ3) is 2.57. The molecular formula is C11H13F2NO4. The zero-order valence-electron chi connectivity index (χ0n) is 9.52. The van der Waals surface area contributed by atoms with Gasteiger partial charge in [0, 0.05) is 5.56 Å². The van der Waals surface area contributed by atoms with Crippen molar-refractivity contribution in [2.24, 2.45) is 5.73 Å².